The Balaban J connectivity index is 1.50. The van der Waals surface area contributed by atoms with Crippen LogP contribution in [0, 0.1) is 23.2 Å². The zero-order chi connectivity index (χ0) is 21.8. The molecule has 1 aromatic rings. The van der Waals surface area contributed by atoms with Crippen molar-refractivity contribution in [2.45, 2.75) is 62.5 Å². The van der Waals surface area contributed by atoms with Crippen molar-refractivity contribution in [3.8, 4) is 6.07 Å². The van der Waals surface area contributed by atoms with Crippen LogP contribution in [0.5, 0.6) is 0 Å². The fraction of sp³-hybridized carbons (Fsp3) is 0.600. The van der Waals surface area contributed by atoms with E-state index < -0.39 is 53.8 Å². The zero-order valence-corrected chi connectivity index (χ0v) is 15.7. The third-order valence-electron chi connectivity index (χ3n) is 6.59. The highest BCUT2D eigenvalue weighted by atomic mass is 19.4. The Morgan fingerprint density at radius 1 is 1.07 bits per heavy atom. The molecule has 2 amide bonds. The van der Waals surface area contributed by atoms with Crippen LogP contribution >= 0.6 is 0 Å². The number of nitriles is 1. The molecule has 3 aliphatic rings. The van der Waals surface area contributed by atoms with Crippen LogP contribution in [0.1, 0.15) is 49.1 Å². The van der Waals surface area contributed by atoms with Gasteiger partial charge in [0.15, 0.2) is 0 Å². The molecule has 0 aromatic heterocycles. The summed E-state index contributed by atoms with van der Waals surface area (Å²) in [6.07, 6.45) is -7.71. The molecule has 0 spiro atoms. The first-order valence-electron chi connectivity index (χ1n) is 9.76. The van der Waals surface area contributed by atoms with Gasteiger partial charge in [-0.1, -0.05) is 0 Å². The van der Waals surface area contributed by atoms with Crippen molar-refractivity contribution in [2.24, 2.45) is 11.8 Å². The van der Waals surface area contributed by atoms with Gasteiger partial charge in [0.25, 0.3) is 0 Å². The summed E-state index contributed by atoms with van der Waals surface area (Å²) in [5.74, 6) is -2.49. The lowest BCUT2D eigenvalue weighted by Crippen LogP contribution is -2.65. The van der Waals surface area contributed by atoms with Gasteiger partial charge in [-0.3, -0.25) is 0 Å². The van der Waals surface area contributed by atoms with Crippen molar-refractivity contribution >= 4 is 11.7 Å². The number of hydrogen-bond donors (Lipinski definition) is 1. The lowest BCUT2D eigenvalue weighted by molar-refractivity contribution is -0.205. The molecule has 1 heterocycles. The first-order chi connectivity index (χ1) is 14.0. The number of urea groups is 1. The molecule has 2 aliphatic carbocycles. The minimum Gasteiger partial charge on any atom is -0.318 e. The van der Waals surface area contributed by atoms with Crippen molar-refractivity contribution in [1.82, 2.24) is 4.90 Å². The van der Waals surface area contributed by atoms with Crippen LogP contribution in [-0.2, 0) is 6.18 Å². The largest absolute Gasteiger partial charge is 0.416 e. The molecule has 1 aliphatic heterocycles. The van der Waals surface area contributed by atoms with E-state index in [1.54, 1.807) is 0 Å². The van der Waals surface area contributed by atoms with E-state index in [4.69, 9.17) is 5.26 Å². The van der Waals surface area contributed by atoms with Gasteiger partial charge in [-0.15, -0.1) is 0 Å². The Labute approximate surface area is 168 Å². The maximum atomic E-state index is 13.4. The molecule has 1 aromatic carbocycles. The van der Waals surface area contributed by atoms with Gasteiger partial charge in [0, 0.05) is 23.7 Å². The number of anilines is 1. The Hall–Kier alpha value is -2.44. The second-order valence-electron chi connectivity index (χ2n) is 8.31. The summed E-state index contributed by atoms with van der Waals surface area (Å²) >= 11 is 0. The highest BCUT2D eigenvalue weighted by Gasteiger charge is 2.54. The lowest BCUT2D eigenvalue weighted by atomic mass is 9.69. The highest BCUT2D eigenvalue weighted by Crippen LogP contribution is 2.49. The molecule has 2 unspecified atom stereocenters. The second-order valence-corrected chi connectivity index (χ2v) is 8.31. The van der Waals surface area contributed by atoms with E-state index >= 15 is 0 Å². The molecule has 4 atom stereocenters. The van der Waals surface area contributed by atoms with Crippen LogP contribution in [-0.4, -0.2) is 29.2 Å². The summed E-state index contributed by atoms with van der Waals surface area (Å²) < 4.78 is 79.0. The van der Waals surface area contributed by atoms with Crippen molar-refractivity contribution in [1.29, 1.82) is 5.26 Å². The molecule has 1 saturated heterocycles. The van der Waals surface area contributed by atoms with E-state index in [-0.39, 0.29) is 24.1 Å². The third-order valence-corrected chi connectivity index (χ3v) is 6.59. The van der Waals surface area contributed by atoms with Crippen molar-refractivity contribution in [3.05, 3.63) is 29.3 Å². The van der Waals surface area contributed by atoms with Gasteiger partial charge in [0.05, 0.1) is 23.5 Å². The monoisotopic (exact) mass is 431 g/mol. The minimum absolute atomic E-state index is 0.0287. The molecule has 2 bridgehead atoms. The summed E-state index contributed by atoms with van der Waals surface area (Å²) in [4.78, 5) is 14.0. The number of hydrogen-bond acceptors (Lipinski definition) is 2. The molecule has 10 heteroatoms. The van der Waals surface area contributed by atoms with Crippen LogP contribution in [0.15, 0.2) is 18.2 Å². The molecule has 30 heavy (non-hydrogen) atoms. The number of piperidine rings is 1. The van der Waals surface area contributed by atoms with E-state index in [1.165, 1.54) is 11.0 Å². The summed E-state index contributed by atoms with van der Waals surface area (Å²) in [6, 6.07) is 3.64. The normalized spacial score (nSPS) is 30.7. The molecule has 0 radical (unpaired) electrons. The van der Waals surface area contributed by atoms with Crippen LogP contribution < -0.4 is 5.32 Å². The molecular formula is C20H19F6N3O. The van der Waals surface area contributed by atoms with E-state index in [2.05, 4.69) is 5.32 Å². The number of amides is 2. The maximum Gasteiger partial charge on any atom is 0.416 e. The average molecular weight is 431 g/mol. The second kappa shape index (κ2) is 7.06. The molecule has 1 N–H and O–H groups in total. The Bertz CT molecular complexity index is 878. The Kier molecular flexibility index (Phi) is 4.90. The van der Waals surface area contributed by atoms with E-state index in [1.807, 2.05) is 6.07 Å². The number of fused-ring (bicyclic) bond motifs is 2. The smallest absolute Gasteiger partial charge is 0.318 e. The Morgan fingerprint density at radius 3 is 2.23 bits per heavy atom. The number of halogens is 6. The number of likely N-dealkylation sites (tertiary alicyclic amines) is 1. The van der Waals surface area contributed by atoms with Gasteiger partial charge in [-0.2, -0.15) is 31.6 Å². The number of rotatable bonds is 2. The van der Waals surface area contributed by atoms with Crippen LogP contribution in [0.3, 0.4) is 0 Å². The number of alkyl halides is 6. The fourth-order valence-corrected chi connectivity index (χ4v) is 4.89. The van der Waals surface area contributed by atoms with Crippen LogP contribution in [0.25, 0.3) is 0 Å². The van der Waals surface area contributed by atoms with Gasteiger partial charge < -0.3 is 10.2 Å². The molecular weight excluding hydrogens is 412 g/mol. The molecule has 3 fully saturated rings. The predicted molar refractivity (Wildman–Crippen MR) is 94.4 cm³/mol. The highest BCUT2D eigenvalue weighted by molar-refractivity contribution is 5.90. The fourth-order valence-electron chi connectivity index (χ4n) is 4.89. The average Bonchev–Trinajstić information content (AvgIpc) is 2.59. The van der Waals surface area contributed by atoms with Crippen molar-refractivity contribution in [3.63, 3.8) is 0 Å². The number of carbonyl (C=O) groups is 1. The third kappa shape index (κ3) is 3.59. The van der Waals surface area contributed by atoms with Crippen molar-refractivity contribution < 1.29 is 31.1 Å². The summed E-state index contributed by atoms with van der Waals surface area (Å²) in [6.45, 7) is 0. The first-order valence-corrected chi connectivity index (χ1v) is 9.76. The topological polar surface area (TPSA) is 56.1 Å². The van der Waals surface area contributed by atoms with Crippen molar-refractivity contribution in [2.75, 3.05) is 5.32 Å². The summed E-state index contributed by atoms with van der Waals surface area (Å²) in [7, 11) is 0. The minimum atomic E-state index is -4.59. The molecule has 4 rings (SSSR count). The van der Waals surface area contributed by atoms with Gasteiger partial charge in [-0.25, -0.2) is 4.79 Å². The summed E-state index contributed by atoms with van der Waals surface area (Å²) in [5.41, 5.74) is -0.720. The van der Waals surface area contributed by atoms with Gasteiger partial charge in [0.2, 0.25) is 0 Å². The molecule has 4 nitrogen and oxygen atoms in total. The predicted octanol–water partition coefficient (Wildman–Crippen LogP) is 5.67. The maximum absolute atomic E-state index is 13.4. The zero-order valence-electron chi connectivity index (χ0n) is 15.7. The SMILES string of the molecule is N#C[C@H]1CC[C@@H]1c1cc(NC(=O)N2C3CC2CC(C(F)(F)F)C3)ccc1C(F)(F)F. The number of nitrogens with one attached hydrogen (secondary N) is 1. The van der Waals surface area contributed by atoms with Crippen LogP contribution in [0.2, 0.25) is 0 Å². The number of carbonyl (C=O) groups excluding carboxylic acids is 1. The van der Waals surface area contributed by atoms with E-state index in [0.29, 0.717) is 19.3 Å². The quantitative estimate of drug-likeness (QED) is 0.614. The van der Waals surface area contributed by atoms with Crippen LogP contribution in [0.4, 0.5) is 36.8 Å². The van der Waals surface area contributed by atoms with E-state index in [9.17, 15) is 31.1 Å². The summed E-state index contributed by atoms with van der Waals surface area (Å²) in [5, 5.41) is 11.7. The Morgan fingerprint density at radius 2 is 1.73 bits per heavy atom. The lowest BCUT2D eigenvalue weighted by Gasteiger charge is -2.55. The number of nitrogens with zero attached hydrogens (tertiary/aromatic N) is 2. The molecule has 162 valence electrons. The van der Waals surface area contributed by atoms with Gasteiger partial charge in [-0.05, 0) is 55.9 Å². The number of benzene rings is 1. The van der Waals surface area contributed by atoms with E-state index in [0.717, 1.165) is 12.1 Å². The standard InChI is InChI=1S/C20H19F6N3O/c21-19(22,23)11-5-13-8-14(6-11)29(13)18(30)28-12-2-4-17(20(24,25)26)16(7-12)15-3-1-10(15)9-27/h2,4,7,10-11,13-15H,1,3,5-6,8H2,(H,28,30)/t10-,11?,13?,14?,15+/m1/s1. The van der Waals surface area contributed by atoms with Gasteiger partial charge >= 0.3 is 18.4 Å². The first kappa shape index (κ1) is 20.8. The van der Waals surface area contributed by atoms with Gasteiger partial charge in [0.1, 0.15) is 0 Å². The molecule has 2 saturated carbocycles.